The molecule has 0 radical (unpaired) electrons. The van der Waals surface area contributed by atoms with Crippen LogP contribution in [0.25, 0.3) is 0 Å². The standard InChI is InChI=1S/C12H25O6P/c1-5-8-9-11(10-12(13)15-4)18-19(14,16-6-2)17-7-3/h10,14,19H,5-9H2,1-4H3/b11-10-. The van der Waals surface area contributed by atoms with Gasteiger partial charge in [-0.1, -0.05) is 0 Å². The molecule has 0 aliphatic rings. The van der Waals surface area contributed by atoms with Crippen LogP contribution in [0.2, 0.25) is 0 Å². The molecule has 0 saturated carbocycles. The van der Waals surface area contributed by atoms with Gasteiger partial charge in [-0.3, -0.25) is 0 Å². The number of ether oxygens (including phenoxy) is 1. The third-order valence-corrected chi connectivity index (χ3v) is 4.00. The summed E-state index contributed by atoms with van der Waals surface area (Å²) >= 11 is 0. The van der Waals surface area contributed by atoms with Gasteiger partial charge in [0.25, 0.3) is 0 Å². The van der Waals surface area contributed by atoms with E-state index in [0.29, 0.717) is 12.2 Å². The molecular formula is C12H25O6P. The van der Waals surface area contributed by atoms with Crippen molar-refractivity contribution in [2.75, 3.05) is 20.3 Å². The van der Waals surface area contributed by atoms with E-state index in [2.05, 4.69) is 4.74 Å². The molecule has 0 heterocycles. The van der Waals surface area contributed by atoms with Crippen molar-refractivity contribution in [1.82, 2.24) is 0 Å². The van der Waals surface area contributed by atoms with E-state index in [4.69, 9.17) is 13.6 Å². The molecule has 0 aromatic rings. The molecule has 0 aliphatic heterocycles. The van der Waals surface area contributed by atoms with Gasteiger partial charge in [0.2, 0.25) is 0 Å². The second kappa shape index (κ2) is 10.1. The van der Waals surface area contributed by atoms with E-state index >= 15 is 0 Å². The van der Waals surface area contributed by atoms with Gasteiger partial charge in [-0.05, 0) is 0 Å². The number of rotatable bonds is 10. The number of allylic oxidation sites excluding steroid dienone is 1. The topological polar surface area (TPSA) is 74.2 Å². The summed E-state index contributed by atoms with van der Waals surface area (Å²) < 4.78 is 20.3. The van der Waals surface area contributed by atoms with Crippen LogP contribution in [0.4, 0.5) is 0 Å². The van der Waals surface area contributed by atoms with E-state index in [-0.39, 0.29) is 13.2 Å². The van der Waals surface area contributed by atoms with E-state index in [9.17, 15) is 9.69 Å². The van der Waals surface area contributed by atoms with Gasteiger partial charge < -0.3 is 0 Å². The first-order valence-corrected chi connectivity index (χ1v) is 8.16. The summed E-state index contributed by atoms with van der Waals surface area (Å²) in [5.41, 5.74) is 0. The molecule has 0 saturated heterocycles. The molecule has 0 rings (SSSR count). The molecule has 0 amide bonds. The minimum atomic E-state index is -3.72. The quantitative estimate of drug-likeness (QED) is 0.289. The fraction of sp³-hybridized carbons (Fsp3) is 0.750. The van der Waals surface area contributed by atoms with Crippen LogP contribution >= 0.6 is 8.17 Å². The van der Waals surface area contributed by atoms with Gasteiger partial charge in [0.05, 0.1) is 0 Å². The van der Waals surface area contributed by atoms with Crippen LogP contribution in [-0.4, -0.2) is 31.2 Å². The Balaban J connectivity index is 4.83. The van der Waals surface area contributed by atoms with Gasteiger partial charge in [0, 0.05) is 0 Å². The van der Waals surface area contributed by atoms with E-state index in [1.54, 1.807) is 13.8 Å². The van der Waals surface area contributed by atoms with Gasteiger partial charge in [0.15, 0.2) is 0 Å². The number of hydrogen-bond donors (Lipinski definition) is 1. The van der Waals surface area contributed by atoms with E-state index in [1.807, 2.05) is 6.92 Å². The molecule has 19 heavy (non-hydrogen) atoms. The number of carbonyl (C=O) groups excluding carboxylic acids is 1. The van der Waals surface area contributed by atoms with Crippen LogP contribution in [0.15, 0.2) is 11.8 Å². The molecule has 1 N–H and O–H groups in total. The average molecular weight is 296 g/mol. The van der Waals surface area contributed by atoms with Crippen LogP contribution in [0.3, 0.4) is 0 Å². The molecule has 0 aromatic heterocycles. The van der Waals surface area contributed by atoms with E-state index < -0.39 is 14.1 Å². The van der Waals surface area contributed by atoms with E-state index in [1.165, 1.54) is 13.2 Å². The fourth-order valence-corrected chi connectivity index (χ4v) is 2.75. The van der Waals surface area contributed by atoms with Crippen molar-refractivity contribution in [3.05, 3.63) is 11.8 Å². The van der Waals surface area contributed by atoms with Gasteiger partial charge in [-0.15, -0.1) is 0 Å². The maximum absolute atomic E-state index is 11.3. The summed E-state index contributed by atoms with van der Waals surface area (Å²) in [5.74, 6) is -0.208. The summed E-state index contributed by atoms with van der Waals surface area (Å²) in [6, 6.07) is 0. The van der Waals surface area contributed by atoms with Gasteiger partial charge in [-0.2, -0.15) is 0 Å². The number of unbranched alkanes of at least 4 members (excludes halogenated alkanes) is 1. The number of methoxy groups -OCH3 is 1. The normalized spacial score (nSPS) is 13.2. The molecule has 0 atom stereocenters. The third-order valence-electron chi connectivity index (χ3n) is 2.17. The van der Waals surface area contributed by atoms with Crippen LogP contribution in [-0.2, 0) is 23.1 Å². The van der Waals surface area contributed by atoms with Gasteiger partial charge >= 0.3 is 114 Å². The molecule has 0 unspecified atom stereocenters. The maximum atomic E-state index is 11.3. The van der Waals surface area contributed by atoms with Gasteiger partial charge in [0.1, 0.15) is 0 Å². The van der Waals surface area contributed by atoms with Crippen molar-refractivity contribution in [3.63, 3.8) is 0 Å². The van der Waals surface area contributed by atoms with Crippen LogP contribution in [0.5, 0.6) is 0 Å². The Morgan fingerprint density at radius 1 is 1.21 bits per heavy atom. The number of esters is 1. The zero-order valence-corrected chi connectivity index (χ0v) is 13.1. The van der Waals surface area contributed by atoms with Crippen molar-refractivity contribution >= 4 is 14.1 Å². The Hall–Kier alpha value is -0.680. The molecule has 114 valence electrons. The predicted molar refractivity (Wildman–Crippen MR) is 74.5 cm³/mol. The minimum absolute atomic E-state index is 0.266. The average Bonchev–Trinajstić information content (AvgIpc) is 2.36. The SMILES string of the molecule is CCCC/C(=C/C(=O)OC)O[PH](O)(OCC)OCC. The molecule has 0 aliphatic carbocycles. The first-order chi connectivity index (χ1) is 9.01. The number of hydrogen-bond acceptors (Lipinski definition) is 6. The third kappa shape index (κ3) is 8.16. The summed E-state index contributed by atoms with van der Waals surface area (Å²) in [7, 11) is -2.44. The fourth-order valence-electron chi connectivity index (χ4n) is 1.33. The molecular weight excluding hydrogens is 271 g/mol. The Bertz CT molecular complexity index is 286. The van der Waals surface area contributed by atoms with Gasteiger partial charge in [-0.25, -0.2) is 0 Å². The molecule has 0 fully saturated rings. The molecule has 0 spiro atoms. The first-order valence-electron chi connectivity index (χ1n) is 6.49. The molecule has 7 heteroatoms. The van der Waals surface area contributed by atoms with Crippen LogP contribution in [0.1, 0.15) is 40.0 Å². The Labute approximate surface area is 115 Å². The zero-order valence-electron chi connectivity index (χ0n) is 12.1. The summed E-state index contributed by atoms with van der Waals surface area (Å²) in [6.07, 6.45) is 3.49. The Morgan fingerprint density at radius 3 is 2.21 bits per heavy atom. The van der Waals surface area contributed by atoms with Crippen molar-refractivity contribution in [1.29, 1.82) is 0 Å². The van der Waals surface area contributed by atoms with Crippen LogP contribution < -0.4 is 0 Å². The second-order valence-electron chi connectivity index (χ2n) is 3.73. The molecule has 0 aromatic carbocycles. The van der Waals surface area contributed by atoms with Crippen molar-refractivity contribution < 1.29 is 28.0 Å². The molecule has 6 nitrogen and oxygen atoms in total. The second-order valence-corrected chi connectivity index (χ2v) is 5.56. The summed E-state index contributed by atoms with van der Waals surface area (Å²) in [5, 5.41) is 0. The van der Waals surface area contributed by atoms with Crippen LogP contribution in [0, 0.1) is 0 Å². The summed E-state index contributed by atoms with van der Waals surface area (Å²) in [6.45, 7) is 6.01. The summed E-state index contributed by atoms with van der Waals surface area (Å²) in [4.78, 5) is 21.4. The predicted octanol–water partition coefficient (Wildman–Crippen LogP) is 2.73. The van der Waals surface area contributed by atoms with E-state index in [0.717, 1.165) is 12.8 Å². The molecule has 0 bridgehead atoms. The first kappa shape index (κ1) is 18.3. The Kier molecular flexibility index (Phi) is 9.79. The van der Waals surface area contributed by atoms with Crippen molar-refractivity contribution in [3.8, 4) is 0 Å². The van der Waals surface area contributed by atoms with Crippen molar-refractivity contribution in [2.45, 2.75) is 40.0 Å². The van der Waals surface area contributed by atoms with Crippen molar-refractivity contribution in [2.24, 2.45) is 0 Å². The number of carbonyl (C=O) groups is 1. The monoisotopic (exact) mass is 296 g/mol. The zero-order chi connectivity index (χ0) is 14.7. The Morgan fingerprint density at radius 2 is 1.79 bits per heavy atom.